The fourth-order valence-electron chi connectivity index (χ4n) is 1.58. The number of nitrogens with two attached hydrogens (primary N) is 1. The lowest BCUT2D eigenvalue weighted by molar-refractivity contribution is -0.154. The first-order valence-corrected chi connectivity index (χ1v) is 6.27. The maximum atomic E-state index is 11.9. The van der Waals surface area contributed by atoms with Gasteiger partial charge >= 0.3 is 5.97 Å². The van der Waals surface area contributed by atoms with Crippen molar-refractivity contribution in [3.63, 3.8) is 0 Å². The van der Waals surface area contributed by atoms with E-state index in [1.165, 1.54) is 12.1 Å². The minimum Gasteiger partial charge on any atom is -0.504 e. The number of phenolic OH excluding ortho intramolecular Hbond substituents is 2. The van der Waals surface area contributed by atoms with Crippen LogP contribution in [-0.4, -0.2) is 27.8 Å². The summed E-state index contributed by atoms with van der Waals surface area (Å²) in [7, 11) is 0. The number of ether oxygens (including phenoxy) is 1. The topological polar surface area (TPSA) is 92.8 Å². The normalized spacial score (nSPS) is 15.6. The van der Waals surface area contributed by atoms with Crippen molar-refractivity contribution in [3.05, 3.63) is 23.8 Å². The molecular formula is C14H21NO4. The molecule has 0 fully saturated rings. The molecule has 106 valence electrons. The van der Waals surface area contributed by atoms with Crippen molar-refractivity contribution in [2.45, 2.75) is 45.3 Å². The van der Waals surface area contributed by atoms with Crippen molar-refractivity contribution in [2.75, 3.05) is 0 Å². The van der Waals surface area contributed by atoms with E-state index in [9.17, 15) is 15.0 Å². The number of hydrogen-bond acceptors (Lipinski definition) is 5. The van der Waals surface area contributed by atoms with Gasteiger partial charge in [0.15, 0.2) is 11.5 Å². The Bertz CT molecular complexity index is 457. The predicted molar refractivity (Wildman–Crippen MR) is 71.9 cm³/mol. The number of rotatable bonds is 5. The van der Waals surface area contributed by atoms with Gasteiger partial charge in [0.25, 0.3) is 0 Å². The highest BCUT2D eigenvalue weighted by Crippen LogP contribution is 2.26. The third kappa shape index (κ3) is 4.13. The van der Waals surface area contributed by atoms with Crippen LogP contribution in [0.5, 0.6) is 11.5 Å². The fraction of sp³-hybridized carbons (Fsp3) is 0.500. The van der Waals surface area contributed by atoms with Crippen molar-refractivity contribution >= 4 is 5.97 Å². The van der Waals surface area contributed by atoms with Crippen LogP contribution in [0.3, 0.4) is 0 Å². The highest BCUT2D eigenvalue weighted by atomic mass is 16.5. The second kappa shape index (κ2) is 5.93. The molecule has 0 saturated carbocycles. The SMILES string of the molecule is CCC(C)OC(=O)[C@@](C)(N)Cc1ccc(O)c(O)c1. The molecule has 0 bridgehead atoms. The molecule has 0 amide bonds. The molecule has 0 aromatic heterocycles. The number of aromatic hydroxyl groups is 2. The van der Waals surface area contributed by atoms with Gasteiger partial charge in [-0.15, -0.1) is 0 Å². The van der Waals surface area contributed by atoms with E-state index in [2.05, 4.69) is 0 Å². The largest absolute Gasteiger partial charge is 0.504 e. The van der Waals surface area contributed by atoms with Crippen molar-refractivity contribution in [1.29, 1.82) is 0 Å². The molecule has 1 aromatic carbocycles. The number of carbonyl (C=O) groups is 1. The predicted octanol–water partition coefficient (Wildman–Crippen LogP) is 1.70. The van der Waals surface area contributed by atoms with Crippen LogP contribution in [0.1, 0.15) is 32.8 Å². The smallest absolute Gasteiger partial charge is 0.326 e. The molecule has 4 N–H and O–H groups in total. The molecule has 2 atom stereocenters. The minimum atomic E-state index is -1.17. The van der Waals surface area contributed by atoms with E-state index in [0.29, 0.717) is 5.56 Å². The van der Waals surface area contributed by atoms with Gasteiger partial charge in [-0.1, -0.05) is 13.0 Å². The second-order valence-corrected chi connectivity index (χ2v) is 5.04. The standard InChI is InChI=1S/C14H21NO4/c1-4-9(2)19-13(18)14(3,15)8-10-5-6-11(16)12(17)7-10/h5-7,9,16-17H,4,8,15H2,1-3H3/t9?,14-/m0/s1. The van der Waals surface area contributed by atoms with Crippen molar-refractivity contribution in [3.8, 4) is 11.5 Å². The molecule has 0 heterocycles. The maximum Gasteiger partial charge on any atom is 0.326 e. The summed E-state index contributed by atoms with van der Waals surface area (Å²) in [5.74, 6) is -0.914. The van der Waals surface area contributed by atoms with E-state index in [4.69, 9.17) is 10.5 Å². The number of benzene rings is 1. The summed E-state index contributed by atoms with van der Waals surface area (Å²) in [6, 6.07) is 4.36. The van der Waals surface area contributed by atoms with Crippen molar-refractivity contribution < 1.29 is 19.7 Å². The summed E-state index contributed by atoms with van der Waals surface area (Å²) in [5.41, 5.74) is 5.45. The lowest BCUT2D eigenvalue weighted by atomic mass is 9.94. The lowest BCUT2D eigenvalue weighted by Crippen LogP contribution is -2.49. The maximum absolute atomic E-state index is 11.9. The molecule has 0 spiro atoms. The minimum absolute atomic E-state index is 0.177. The van der Waals surface area contributed by atoms with Gasteiger partial charge in [0, 0.05) is 6.42 Å². The molecule has 5 nitrogen and oxygen atoms in total. The summed E-state index contributed by atoms with van der Waals surface area (Å²) < 4.78 is 5.21. The first kappa shape index (κ1) is 15.3. The van der Waals surface area contributed by atoms with Crippen LogP contribution in [0.2, 0.25) is 0 Å². The van der Waals surface area contributed by atoms with Gasteiger partial charge in [-0.05, 0) is 38.0 Å². The molecule has 19 heavy (non-hydrogen) atoms. The summed E-state index contributed by atoms with van der Waals surface area (Å²) in [5, 5.41) is 18.6. The van der Waals surface area contributed by atoms with E-state index in [1.807, 2.05) is 6.92 Å². The first-order valence-electron chi connectivity index (χ1n) is 6.27. The summed E-state index contributed by atoms with van der Waals surface area (Å²) in [6.07, 6.45) is 0.765. The number of phenols is 2. The molecule has 1 rings (SSSR count). The highest BCUT2D eigenvalue weighted by molar-refractivity contribution is 5.80. The Morgan fingerprint density at radius 1 is 1.42 bits per heavy atom. The van der Waals surface area contributed by atoms with Crippen LogP contribution in [0, 0.1) is 0 Å². The monoisotopic (exact) mass is 267 g/mol. The molecule has 1 unspecified atom stereocenters. The summed E-state index contributed by atoms with van der Waals surface area (Å²) in [4.78, 5) is 11.9. The van der Waals surface area contributed by atoms with Gasteiger partial charge in [0.1, 0.15) is 5.54 Å². The van der Waals surface area contributed by atoms with Crippen LogP contribution in [0.25, 0.3) is 0 Å². The Kier molecular flexibility index (Phi) is 4.78. The van der Waals surface area contributed by atoms with Crippen LogP contribution in [0.4, 0.5) is 0 Å². The summed E-state index contributed by atoms with van der Waals surface area (Å²) in [6.45, 7) is 5.31. The van der Waals surface area contributed by atoms with Gasteiger partial charge in [0.05, 0.1) is 6.10 Å². The Labute approximate surface area is 113 Å². The zero-order chi connectivity index (χ0) is 14.6. The third-order valence-corrected chi connectivity index (χ3v) is 2.96. The van der Waals surface area contributed by atoms with E-state index in [-0.39, 0.29) is 24.0 Å². The van der Waals surface area contributed by atoms with E-state index in [1.54, 1.807) is 19.9 Å². The van der Waals surface area contributed by atoms with E-state index >= 15 is 0 Å². The van der Waals surface area contributed by atoms with Crippen LogP contribution < -0.4 is 5.73 Å². The van der Waals surface area contributed by atoms with Gasteiger partial charge in [-0.3, -0.25) is 4.79 Å². The molecular weight excluding hydrogens is 246 g/mol. The lowest BCUT2D eigenvalue weighted by Gasteiger charge is -2.24. The quantitative estimate of drug-likeness (QED) is 0.557. The molecule has 0 aliphatic carbocycles. The third-order valence-electron chi connectivity index (χ3n) is 2.96. The zero-order valence-electron chi connectivity index (χ0n) is 11.5. The molecule has 0 saturated heterocycles. The number of carbonyl (C=O) groups excluding carboxylic acids is 1. The average molecular weight is 267 g/mol. The second-order valence-electron chi connectivity index (χ2n) is 5.04. The highest BCUT2D eigenvalue weighted by Gasteiger charge is 2.31. The van der Waals surface area contributed by atoms with Gasteiger partial charge in [-0.25, -0.2) is 0 Å². The molecule has 1 aromatic rings. The summed E-state index contributed by atoms with van der Waals surface area (Å²) >= 11 is 0. The molecule has 0 radical (unpaired) electrons. The zero-order valence-corrected chi connectivity index (χ0v) is 11.5. The Morgan fingerprint density at radius 2 is 2.05 bits per heavy atom. The van der Waals surface area contributed by atoms with Gasteiger partial charge in [-0.2, -0.15) is 0 Å². The Balaban J connectivity index is 2.77. The first-order chi connectivity index (χ1) is 8.76. The van der Waals surface area contributed by atoms with Gasteiger partial charge in [0.2, 0.25) is 0 Å². The van der Waals surface area contributed by atoms with Crippen molar-refractivity contribution in [2.24, 2.45) is 5.73 Å². The number of esters is 1. The van der Waals surface area contributed by atoms with E-state index in [0.717, 1.165) is 6.42 Å². The van der Waals surface area contributed by atoms with Crippen LogP contribution in [-0.2, 0) is 16.0 Å². The van der Waals surface area contributed by atoms with Crippen LogP contribution >= 0.6 is 0 Å². The Morgan fingerprint density at radius 3 is 2.58 bits per heavy atom. The molecule has 5 heteroatoms. The van der Waals surface area contributed by atoms with Crippen molar-refractivity contribution in [1.82, 2.24) is 0 Å². The van der Waals surface area contributed by atoms with Crippen LogP contribution in [0.15, 0.2) is 18.2 Å². The number of hydrogen-bond donors (Lipinski definition) is 3. The van der Waals surface area contributed by atoms with E-state index < -0.39 is 11.5 Å². The molecule has 0 aliphatic heterocycles. The average Bonchev–Trinajstić information content (AvgIpc) is 2.33. The molecule has 0 aliphatic rings. The van der Waals surface area contributed by atoms with Gasteiger partial charge < -0.3 is 20.7 Å². The fourth-order valence-corrected chi connectivity index (χ4v) is 1.58. The Hall–Kier alpha value is -1.75.